The third kappa shape index (κ3) is 5.61. The van der Waals surface area contributed by atoms with E-state index >= 15 is 0 Å². The fourth-order valence-corrected chi connectivity index (χ4v) is 1.46. The Morgan fingerprint density at radius 3 is 2.45 bits per heavy atom. The number of likely N-dealkylation sites (N-methyl/N-ethyl adjacent to an activating group) is 1. The number of ether oxygens (including phenoxy) is 2. The quantitative estimate of drug-likeness (QED) is 0.567. The third-order valence-corrected chi connectivity index (χ3v) is 2.67. The molecule has 0 aliphatic carbocycles. The monoisotopic (exact) mass is 275 g/mol. The van der Waals surface area contributed by atoms with Gasteiger partial charge in [-0.05, 0) is 31.2 Å². The van der Waals surface area contributed by atoms with Gasteiger partial charge in [-0.25, -0.2) is 0 Å². The molecule has 20 heavy (non-hydrogen) atoms. The van der Waals surface area contributed by atoms with E-state index in [1.54, 1.807) is 25.1 Å². The number of carbonyl (C=O) groups excluding carboxylic acids is 1. The van der Waals surface area contributed by atoms with Crippen LogP contribution in [0.1, 0.15) is 6.92 Å². The lowest BCUT2D eigenvalue weighted by Crippen LogP contribution is -2.29. The van der Waals surface area contributed by atoms with Gasteiger partial charge in [-0.2, -0.15) is 0 Å². The van der Waals surface area contributed by atoms with Crippen LogP contribution in [-0.4, -0.2) is 38.1 Å². The topological polar surface area (TPSA) is 38.8 Å². The molecule has 1 amide bonds. The van der Waals surface area contributed by atoms with Crippen molar-refractivity contribution in [1.29, 1.82) is 0 Å². The van der Waals surface area contributed by atoms with E-state index in [1.165, 1.54) is 6.08 Å². The van der Waals surface area contributed by atoms with Crippen molar-refractivity contribution in [2.24, 2.45) is 0 Å². The Morgan fingerprint density at radius 1 is 1.20 bits per heavy atom. The van der Waals surface area contributed by atoms with Crippen LogP contribution >= 0.6 is 0 Å². The summed E-state index contributed by atoms with van der Waals surface area (Å²) in [6.45, 7) is 2.89. The van der Waals surface area contributed by atoms with Crippen LogP contribution in [0.5, 0.6) is 11.5 Å². The van der Waals surface area contributed by atoms with Gasteiger partial charge in [0.05, 0.1) is 13.7 Å². The maximum Gasteiger partial charge on any atom is 0.246 e. The van der Waals surface area contributed by atoms with Gasteiger partial charge in [0.1, 0.15) is 18.1 Å². The molecule has 0 atom stereocenters. The highest BCUT2D eigenvalue weighted by molar-refractivity contribution is 5.87. The van der Waals surface area contributed by atoms with Crippen LogP contribution in [0.25, 0.3) is 0 Å². The molecule has 0 bridgehead atoms. The minimum Gasteiger partial charge on any atom is -0.497 e. The zero-order valence-corrected chi connectivity index (χ0v) is 12.2. The Labute approximate surface area is 120 Å². The van der Waals surface area contributed by atoms with Gasteiger partial charge in [0.25, 0.3) is 0 Å². The summed E-state index contributed by atoms with van der Waals surface area (Å²) in [6.07, 6.45) is 6.95. The predicted octanol–water partition coefficient (Wildman–Crippen LogP) is 2.66. The molecule has 0 aliphatic rings. The zero-order valence-electron chi connectivity index (χ0n) is 12.2. The van der Waals surface area contributed by atoms with E-state index in [4.69, 9.17) is 9.47 Å². The number of amides is 1. The first-order valence-corrected chi connectivity index (χ1v) is 6.48. The summed E-state index contributed by atoms with van der Waals surface area (Å²) >= 11 is 0. The Hall–Kier alpha value is -2.23. The first-order valence-electron chi connectivity index (χ1n) is 6.48. The summed E-state index contributed by atoms with van der Waals surface area (Å²) in [5, 5.41) is 0. The molecule has 0 radical (unpaired) electrons. The summed E-state index contributed by atoms with van der Waals surface area (Å²) in [5.41, 5.74) is 0. The second-order valence-corrected chi connectivity index (χ2v) is 4.17. The Balaban J connectivity index is 2.33. The van der Waals surface area contributed by atoms with Crippen LogP contribution in [0.2, 0.25) is 0 Å². The Bertz CT molecular complexity index is 463. The van der Waals surface area contributed by atoms with Crippen molar-refractivity contribution in [3.63, 3.8) is 0 Å². The highest BCUT2D eigenvalue weighted by atomic mass is 16.5. The van der Waals surface area contributed by atoms with Crippen molar-refractivity contribution in [2.75, 3.05) is 27.3 Å². The van der Waals surface area contributed by atoms with E-state index < -0.39 is 0 Å². The van der Waals surface area contributed by atoms with E-state index in [0.717, 1.165) is 11.5 Å². The molecule has 0 aliphatic heterocycles. The Morgan fingerprint density at radius 2 is 1.85 bits per heavy atom. The number of allylic oxidation sites excluding steroid dienone is 3. The lowest BCUT2D eigenvalue weighted by atomic mass is 10.3. The smallest absolute Gasteiger partial charge is 0.246 e. The van der Waals surface area contributed by atoms with Crippen molar-refractivity contribution in [3.8, 4) is 11.5 Å². The molecule has 0 saturated heterocycles. The molecular formula is C16H21NO3. The van der Waals surface area contributed by atoms with Crippen LogP contribution in [0.3, 0.4) is 0 Å². The number of methoxy groups -OCH3 is 1. The lowest BCUT2D eigenvalue weighted by molar-refractivity contribution is -0.125. The van der Waals surface area contributed by atoms with E-state index in [0.29, 0.717) is 13.2 Å². The summed E-state index contributed by atoms with van der Waals surface area (Å²) < 4.78 is 10.6. The predicted molar refractivity (Wildman–Crippen MR) is 80.1 cm³/mol. The highest BCUT2D eigenvalue weighted by Crippen LogP contribution is 2.16. The number of carbonyl (C=O) groups is 1. The zero-order chi connectivity index (χ0) is 14.8. The van der Waals surface area contributed by atoms with Crippen LogP contribution in [0.15, 0.2) is 48.6 Å². The van der Waals surface area contributed by atoms with E-state index in [9.17, 15) is 4.79 Å². The van der Waals surface area contributed by atoms with Gasteiger partial charge in [-0.1, -0.05) is 18.2 Å². The first-order chi connectivity index (χ1) is 9.67. The maximum absolute atomic E-state index is 11.7. The van der Waals surface area contributed by atoms with Crippen LogP contribution in [-0.2, 0) is 4.79 Å². The normalized spacial score (nSPS) is 10.9. The number of benzene rings is 1. The SMILES string of the molecule is CC=CC=CC(=O)N(C)CCOc1ccc(OC)cc1. The minimum atomic E-state index is -0.0403. The van der Waals surface area contributed by atoms with Crippen molar-refractivity contribution in [1.82, 2.24) is 4.90 Å². The molecule has 1 aromatic carbocycles. The number of hydrogen-bond donors (Lipinski definition) is 0. The van der Waals surface area contributed by atoms with Crippen LogP contribution < -0.4 is 9.47 Å². The molecule has 0 saturated carbocycles. The van der Waals surface area contributed by atoms with Crippen LogP contribution in [0.4, 0.5) is 0 Å². The molecule has 108 valence electrons. The van der Waals surface area contributed by atoms with Gasteiger partial charge in [0.2, 0.25) is 5.91 Å². The molecule has 4 heteroatoms. The van der Waals surface area contributed by atoms with E-state index in [1.807, 2.05) is 43.3 Å². The first kappa shape index (κ1) is 15.8. The number of rotatable bonds is 7. The molecule has 0 N–H and O–H groups in total. The molecule has 0 heterocycles. The molecule has 0 fully saturated rings. The van der Waals surface area contributed by atoms with Crippen molar-refractivity contribution >= 4 is 5.91 Å². The van der Waals surface area contributed by atoms with Crippen LogP contribution in [0, 0.1) is 0 Å². The van der Waals surface area contributed by atoms with E-state index in [-0.39, 0.29) is 5.91 Å². The molecular weight excluding hydrogens is 254 g/mol. The second-order valence-electron chi connectivity index (χ2n) is 4.17. The minimum absolute atomic E-state index is 0.0403. The fourth-order valence-electron chi connectivity index (χ4n) is 1.46. The molecule has 0 aromatic heterocycles. The average Bonchev–Trinajstić information content (AvgIpc) is 2.48. The Kier molecular flexibility index (Phi) is 6.96. The second kappa shape index (κ2) is 8.80. The number of nitrogens with zero attached hydrogens (tertiary/aromatic N) is 1. The molecule has 0 unspecified atom stereocenters. The molecule has 1 rings (SSSR count). The van der Waals surface area contributed by atoms with Gasteiger partial charge < -0.3 is 14.4 Å². The summed E-state index contributed by atoms with van der Waals surface area (Å²) in [4.78, 5) is 13.3. The molecule has 0 spiro atoms. The van der Waals surface area contributed by atoms with Crippen molar-refractivity contribution < 1.29 is 14.3 Å². The molecule has 1 aromatic rings. The van der Waals surface area contributed by atoms with Gasteiger partial charge in [-0.15, -0.1) is 0 Å². The third-order valence-electron chi connectivity index (χ3n) is 2.67. The molecule has 4 nitrogen and oxygen atoms in total. The van der Waals surface area contributed by atoms with Crippen molar-refractivity contribution in [2.45, 2.75) is 6.92 Å². The average molecular weight is 275 g/mol. The van der Waals surface area contributed by atoms with E-state index in [2.05, 4.69) is 0 Å². The highest BCUT2D eigenvalue weighted by Gasteiger charge is 2.04. The van der Waals surface area contributed by atoms with Gasteiger partial charge in [0, 0.05) is 13.1 Å². The van der Waals surface area contributed by atoms with Crippen molar-refractivity contribution in [3.05, 3.63) is 48.6 Å². The lowest BCUT2D eigenvalue weighted by Gasteiger charge is -2.15. The summed E-state index contributed by atoms with van der Waals surface area (Å²) in [7, 11) is 3.37. The summed E-state index contributed by atoms with van der Waals surface area (Å²) in [5.74, 6) is 1.51. The largest absolute Gasteiger partial charge is 0.497 e. The van der Waals surface area contributed by atoms with Gasteiger partial charge in [0.15, 0.2) is 0 Å². The summed E-state index contributed by atoms with van der Waals surface area (Å²) in [6, 6.07) is 7.35. The fraction of sp³-hybridized carbons (Fsp3) is 0.312. The standard InChI is InChI=1S/C16H21NO3/c1-4-5-6-7-16(18)17(2)12-13-20-15-10-8-14(19-3)9-11-15/h4-11H,12-13H2,1-3H3. The number of hydrogen-bond acceptors (Lipinski definition) is 3. The maximum atomic E-state index is 11.7. The van der Waals surface area contributed by atoms with Gasteiger partial charge in [-0.3, -0.25) is 4.79 Å². The van der Waals surface area contributed by atoms with Gasteiger partial charge >= 0.3 is 0 Å².